The van der Waals surface area contributed by atoms with E-state index in [0.29, 0.717) is 12.2 Å². The number of rotatable bonds is 3. The summed E-state index contributed by atoms with van der Waals surface area (Å²) < 4.78 is 5.26. The van der Waals surface area contributed by atoms with Crippen LogP contribution in [0.25, 0.3) is 0 Å². The van der Waals surface area contributed by atoms with Gasteiger partial charge in [-0.3, -0.25) is 0 Å². The fraction of sp³-hybridized carbons (Fsp3) is 0.0833. The van der Waals surface area contributed by atoms with Gasteiger partial charge >= 0.3 is 5.97 Å². The molecule has 5 nitrogen and oxygen atoms in total. The highest BCUT2D eigenvalue weighted by molar-refractivity contribution is 5.91. The molecule has 0 amide bonds. The Bertz CT molecular complexity index is 520. The number of furan rings is 1. The summed E-state index contributed by atoms with van der Waals surface area (Å²) >= 11 is 0. The van der Waals surface area contributed by atoms with Crippen molar-refractivity contribution in [3.8, 4) is 0 Å². The summed E-state index contributed by atoms with van der Waals surface area (Å²) in [7, 11) is 0. The molecule has 0 fully saturated rings. The first kappa shape index (κ1) is 11.2. The van der Waals surface area contributed by atoms with E-state index in [1.54, 1.807) is 0 Å². The molecule has 0 unspecified atom stereocenters. The van der Waals surface area contributed by atoms with Gasteiger partial charge in [0.2, 0.25) is 0 Å². The van der Waals surface area contributed by atoms with Crippen LogP contribution in [0.5, 0.6) is 0 Å². The van der Waals surface area contributed by atoms with Gasteiger partial charge in [0.1, 0.15) is 11.3 Å². The Balaban J connectivity index is 2.30. The molecule has 1 aromatic carbocycles. The quantitative estimate of drug-likeness (QED) is 0.782. The maximum atomic E-state index is 11.4. The third-order valence-corrected chi connectivity index (χ3v) is 2.36. The van der Waals surface area contributed by atoms with Crippen LogP contribution in [0, 0.1) is 0 Å². The van der Waals surface area contributed by atoms with E-state index >= 15 is 0 Å². The predicted molar refractivity (Wildman–Crippen MR) is 62.0 cm³/mol. The molecule has 0 radical (unpaired) electrons. The van der Waals surface area contributed by atoms with E-state index in [9.17, 15) is 4.79 Å². The van der Waals surface area contributed by atoms with Crippen molar-refractivity contribution in [3.63, 3.8) is 0 Å². The summed E-state index contributed by atoms with van der Waals surface area (Å²) in [6.45, 7) is 0. The van der Waals surface area contributed by atoms with Crippen LogP contribution in [0.2, 0.25) is 0 Å². The van der Waals surface area contributed by atoms with E-state index < -0.39 is 5.97 Å². The summed E-state index contributed by atoms with van der Waals surface area (Å²) in [6.07, 6.45) is 0.461. The number of carbonyl (C=O) groups is 1. The molecule has 17 heavy (non-hydrogen) atoms. The molecule has 0 atom stereocenters. The molecule has 2 rings (SSSR count). The highest BCUT2D eigenvalue weighted by atomic mass is 16.7. The number of hydrogen-bond donors (Lipinski definition) is 2. The van der Waals surface area contributed by atoms with Crippen molar-refractivity contribution in [1.82, 2.24) is 0 Å². The van der Waals surface area contributed by atoms with E-state index in [4.69, 9.17) is 16.0 Å². The van der Waals surface area contributed by atoms with Crippen LogP contribution in [-0.4, -0.2) is 5.97 Å². The van der Waals surface area contributed by atoms with Crippen molar-refractivity contribution in [3.05, 3.63) is 53.3 Å². The van der Waals surface area contributed by atoms with Gasteiger partial charge in [0.05, 0.1) is 0 Å². The van der Waals surface area contributed by atoms with E-state index in [1.165, 1.54) is 6.07 Å². The standard InChI is InChI=1S/C12H12N2O3/c13-11-7-9(12(15)17-14)10(16-11)6-8-4-2-1-3-5-8/h1-5,7H,6,13-14H2. The molecular weight excluding hydrogens is 220 g/mol. The molecular formula is C12H12N2O3. The maximum Gasteiger partial charge on any atom is 0.360 e. The summed E-state index contributed by atoms with van der Waals surface area (Å²) in [5, 5.41) is 0. The zero-order valence-electron chi connectivity index (χ0n) is 9.05. The summed E-state index contributed by atoms with van der Waals surface area (Å²) in [4.78, 5) is 15.5. The minimum Gasteiger partial charge on any atom is -0.445 e. The van der Waals surface area contributed by atoms with Crippen molar-refractivity contribution in [2.24, 2.45) is 5.90 Å². The van der Waals surface area contributed by atoms with Crippen molar-refractivity contribution in [2.75, 3.05) is 5.73 Å². The van der Waals surface area contributed by atoms with Crippen molar-refractivity contribution < 1.29 is 14.0 Å². The zero-order valence-corrected chi connectivity index (χ0v) is 9.05. The third-order valence-electron chi connectivity index (χ3n) is 2.36. The SMILES string of the molecule is NOC(=O)c1cc(N)oc1Cc1ccccc1. The molecule has 0 saturated heterocycles. The predicted octanol–water partition coefficient (Wildman–Crippen LogP) is 1.48. The number of carbonyl (C=O) groups excluding carboxylic acids is 1. The number of anilines is 1. The fourth-order valence-electron chi connectivity index (χ4n) is 1.60. The Morgan fingerprint density at radius 2 is 2.00 bits per heavy atom. The number of nitrogen functional groups attached to an aromatic ring is 1. The van der Waals surface area contributed by atoms with Gasteiger partial charge in [-0.1, -0.05) is 30.3 Å². The second-order valence-electron chi connectivity index (χ2n) is 3.55. The van der Waals surface area contributed by atoms with Crippen LogP contribution in [0.3, 0.4) is 0 Å². The van der Waals surface area contributed by atoms with Gasteiger partial charge in [-0.05, 0) is 5.56 Å². The molecule has 0 aliphatic carbocycles. The normalized spacial score (nSPS) is 10.2. The van der Waals surface area contributed by atoms with Crippen LogP contribution in [0.4, 0.5) is 5.88 Å². The van der Waals surface area contributed by atoms with E-state index in [-0.39, 0.29) is 11.4 Å². The molecule has 88 valence electrons. The molecule has 0 saturated carbocycles. The number of nitrogens with two attached hydrogens (primary N) is 2. The number of hydrogen-bond acceptors (Lipinski definition) is 5. The second kappa shape index (κ2) is 4.71. The Labute approximate surface area is 97.9 Å². The Morgan fingerprint density at radius 1 is 1.29 bits per heavy atom. The van der Waals surface area contributed by atoms with E-state index in [1.807, 2.05) is 30.3 Å². The number of benzene rings is 1. The van der Waals surface area contributed by atoms with Crippen LogP contribution in [-0.2, 0) is 11.3 Å². The lowest BCUT2D eigenvalue weighted by atomic mass is 10.1. The van der Waals surface area contributed by atoms with Gasteiger partial charge in [-0.2, -0.15) is 5.90 Å². The molecule has 5 heteroatoms. The average Bonchev–Trinajstić information content (AvgIpc) is 2.70. The molecule has 0 bridgehead atoms. The van der Waals surface area contributed by atoms with Crippen molar-refractivity contribution >= 4 is 11.9 Å². The molecule has 4 N–H and O–H groups in total. The monoisotopic (exact) mass is 232 g/mol. The van der Waals surface area contributed by atoms with Crippen molar-refractivity contribution in [2.45, 2.75) is 6.42 Å². The topological polar surface area (TPSA) is 91.5 Å². The Morgan fingerprint density at radius 3 is 2.65 bits per heavy atom. The maximum absolute atomic E-state index is 11.4. The molecule has 0 aliphatic rings. The average molecular weight is 232 g/mol. The highest BCUT2D eigenvalue weighted by Crippen LogP contribution is 2.21. The highest BCUT2D eigenvalue weighted by Gasteiger charge is 2.18. The first-order valence-corrected chi connectivity index (χ1v) is 5.04. The van der Waals surface area contributed by atoms with Gasteiger partial charge in [0.15, 0.2) is 5.88 Å². The van der Waals surface area contributed by atoms with Crippen LogP contribution >= 0.6 is 0 Å². The molecule has 1 heterocycles. The lowest BCUT2D eigenvalue weighted by Crippen LogP contribution is -2.11. The Hall–Kier alpha value is -2.27. The van der Waals surface area contributed by atoms with Gasteiger partial charge in [-0.25, -0.2) is 4.79 Å². The Kier molecular flexibility index (Phi) is 3.11. The lowest BCUT2D eigenvalue weighted by Gasteiger charge is -2.00. The largest absolute Gasteiger partial charge is 0.445 e. The molecule has 0 aliphatic heterocycles. The van der Waals surface area contributed by atoms with Gasteiger partial charge in [-0.15, -0.1) is 0 Å². The van der Waals surface area contributed by atoms with Crippen LogP contribution in [0.1, 0.15) is 21.7 Å². The first-order valence-electron chi connectivity index (χ1n) is 5.04. The van der Waals surface area contributed by atoms with E-state index in [2.05, 4.69) is 4.84 Å². The minimum absolute atomic E-state index is 0.163. The minimum atomic E-state index is -0.656. The van der Waals surface area contributed by atoms with Crippen LogP contribution < -0.4 is 11.6 Å². The third kappa shape index (κ3) is 2.46. The van der Waals surface area contributed by atoms with E-state index in [0.717, 1.165) is 5.56 Å². The first-order chi connectivity index (χ1) is 8.20. The van der Waals surface area contributed by atoms with Crippen molar-refractivity contribution in [1.29, 1.82) is 0 Å². The van der Waals surface area contributed by atoms with Gasteiger partial charge in [0, 0.05) is 12.5 Å². The van der Waals surface area contributed by atoms with Gasteiger partial charge in [0.25, 0.3) is 0 Å². The summed E-state index contributed by atoms with van der Waals surface area (Å²) in [5.74, 6) is 4.80. The molecule has 1 aromatic heterocycles. The second-order valence-corrected chi connectivity index (χ2v) is 3.55. The van der Waals surface area contributed by atoms with Gasteiger partial charge < -0.3 is 15.0 Å². The smallest absolute Gasteiger partial charge is 0.360 e. The molecule has 0 spiro atoms. The summed E-state index contributed by atoms with van der Waals surface area (Å²) in [5.41, 5.74) is 6.78. The lowest BCUT2D eigenvalue weighted by molar-refractivity contribution is 0.0501. The van der Waals surface area contributed by atoms with Crippen LogP contribution in [0.15, 0.2) is 40.8 Å². The molecule has 2 aromatic rings. The summed E-state index contributed by atoms with van der Waals surface area (Å²) in [6, 6.07) is 11.0. The zero-order chi connectivity index (χ0) is 12.3. The fourth-order valence-corrected chi connectivity index (χ4v) is 1.60.